The van der Waals surface area contributed by atoms with Gasteiger partial charge in [0, 0.05) is 16.6 Å². The Balaban J connectivity index is 2.30. The molecule has 1 aromatic heterocycles. The van der Waals surface area contributed by atoms with E-state index < -0.39 is 0 Å². The molecular weight excluding hydrogens is 328 g/mol. The van der Waals surface area contributed by atoms with Crippen LogP contribution in [-0.2, 0) is 6.42 Å². The first-order valence-corrected chi connectivity index (χ1v) is 8.05. The topological polar surface area (TPSA) is 49.8 Å². The van der Waals surface area contributed by atoms with Crippen LogP contribution in [0.15, 0.2) is 29.0 Å². The van der Waals surface area contributed by atoms with Crippen LogP contribution in [0.3, 0.4) is 0 Å². The molecule has 0 spiro atoms. The van der Waals surface area contributed by atoms with E-state index in [1.807, 2.05) is 0 Å². The highest BCUT2D eigenvalue weighted by atomic mass is 79.9. The van der Waals surface area contributed by atoms with Crippen molar-refractivity contribution in [2.45, 2.75) is 33.6 Å². The van der Waals surface area contributed by atoms with Crippen LogP contribution in [0, 0.1) is 6.92 Å². The second-order valence-electron chi connectivity index (χ2n) is 4.94. The molecule has 2 rings (SSSR count). The van der Waals surface area contributed by atoms with Crippen molar-refractivity contribution in [1.82, 2.24) is 9.97 Å². The van der Waals surface area contributed by atoms with E-state index in [9.17, 15) is 0 Å². The van der Waals surface area contributed by atoms with Crippen LogP contribution >= 0.6 is 15.9 Å². The highest BCUT2D eigenvalue weighted by Crippen LogP contribution is 2.29. The third-order valence-corrected chi connectivity index (χ3v) is 3.88. The molecule has 0 radical (unpaired) electrons. The Morgan fingerprint density at radius 2 is 1.90 bits per heavy atom. The highest BCUT2D eigenvalue weighted by molar-refractivity contribution is 9.10. The van der Waals surface area contributed by atoms with Crippen LogP contribution in [0.4, 0.5) is 17.3 Å². The van der Waals surface area contributed by atoms with Crippen LogP contribution in [0.25, 0.3) is 0 Å². The number of benzene rings is 1. The maximum absolute atomic E-state index is 4.39. The van der Waals surface area contributed by atoms with Crippen molar-refractivity contribution >= 4 is 33.3 Å². The van der Waals surface area contributed by atoms with E-state index in [1.54, 1.807) is 6.33 Å². The SMILES string of the molecule is CCCNc1ncnc(Nc2ccc(C)cc2Br)c1CC. The lowest BCUT2D eigenvalue weighted by Crippen LogP contribution is -2.08. The summed E-state index contributed by atoms with van der Waals surface area (Å²) in [7, 11) is 0. The van der Waals surface area contributed by atoms with Gasteiger partial charge in [0.25, 0.3) is 0 Å². The molecule has 0 aliphatic rings. The monoisotopic (exact) mass is 348 g/mol. The zero-order chi connectivity index (χ0) is 15.2. The lowest BCUT2D eigenvalue weighted by atomic mass is 10.2. The largest absolute Gasteiger partial charge is 0.370 e. The van der Waals surface area contributed by atoms with Crippen LogP contribution in [0.2, 0.25) is 0 Å². The number of rotatable bonds is 6. The molecule has 112 valence electrons. The number of hydrogen-bond acceptors (Lipinski definition) is 4. The standard InChI is InChI=1S/C16H21BrN4/c1-4-8-18-15-12(5-2)16(20-10-19-15)21-14-7-6-11(3)9-13(14)17/h6-7,9-10H,4-5,8H2,1-3H3,(H2,18,19,20,21). The number of aromatic nitrogens is 2. The van der Waals surface area contributed by atoms with Gasteiger partial charge in [0.2, 0.25) is 0 Å². The van der Waals surface area contributed by atoms with Crippen molar-refractivity contribution in [3.63, 3.8) is 0 Å². The van der Waals surface area contributed by atoms with Gasteiger partial charge in [-0.25, -0.2) is 9.97 Å². The molecule has 0 bridgehead atoms. The lowest BCUT2D eigenvalue weighted by molar-refractivity contribution is 0.949. The molecule has 0 amide bonds. The summed E-state index contributed by atoms with van der Waals surface area (Å²) in [5, 5.41) is 6.76. The molecule has 1 aromatic carbocycles. The van der Waals surface area contributed by atoms with E-state index in [0.29, 0.717) is 0 Å². The number of hydrogen-bond donors (Lipinski definition) is 2. The van der Waals surface area contributed by atoms with Crippen LogP contribution in [0.5, 0.6) is 0 Å². The predicted octanol–water partition coefficient (Wildman–Crippen LogP) is 4.68. The molecule has 0 aliphatic carbocycles. The molecule has 0 atom stereocenters. The van der Waals surface area contributed by atoms with Crippen LogP contribution in [0.1, 0.15) is 31.4 Å². The lowest BCUT2D eigenvalue weighted by Gasteiger charge is -2.15. The van der Waals surface area contributed by atoms with Gasteiger partial charge in [-0.15, -0.1) is 0 Å². The van der Waals surface area contributed by atoms with Gasteiger partial charge < -0.3 is 10.6 Å². The molecule has 0 saturated heterocycles. The molecule has 4 nitrogen and oxygen atoms in total. The van der Waals surface area contributed by atoms with Gasteiger partial charge in [-0.05, 0) is 53.4 Å². The van der Waals surface area contributed by atoms with Crippen molar-refractivity contribution < 1.29 is 0 Å². The Bertz CT molecular complexity index is 613. The third kappa shape index (κ3) is 3.94. The smallest absolute Gasteiger partial charge is 0.139 e. The predicted molar refractivity (Wildman–Crippen MR) is 92.4 cm³/mol. The van der Waals surface area contributed by atoms with Gasteiger partial charge in [0.05, 0.1) is 5.69 Å². The molecule has 2 aromatic rings. The molecule has 0 fully saturated rings. The Morgan fingerprint density at radius 1 is 1.14 bits per heavy atom. The summed E-state index contributed by atoms with van der Waals surface area (Å²) in [6, 6.07) is 6.22. The van der Waals surface area contributed by atoms with E-state index in [1.165, 1.54) is 5.56 Å². The minimum Gasteiger partial charge on any atom is -0.370 e. The number of halogens is 1. The van der Waals surface area contributed by atoms with Crippen molar-refractivity contribution in [1.29, 1.82) is 0 Å². The van der Waals surface area contributed by atoms with E-state index in [-0.39, 0.29) is 0 Å². The van der Waals surface area contributed by atoms with Crippen molar-refractivity contribution in [2.75, 3.05) is 17.2 Å². The minimum atomic E-state index is 0.857. The van der Waals surface area contributed by atoms with Crippen LogP contribution < -0.4 is 10.6 Å². The van der Waals surface area contributed by atoms with E-state index in [2.05, 4.69) is 75.5 Å². The highest BCUT2D eigenvalue weighted by Gasteiger charge is 2.10. The Kier molecular flexibility index (Phi) is 5.56. The second kappa shape index (κ2) is 7.41. The third-order valence-electron chi connectivity index (χ3n) is 3.22. The summed E-state index contributed by atoms with van der Waals surface area (Å²) in [4.78, 5) is 8.75. The zero-order valence-corrected chi connectivity index (χ0v) is 14.3. The molecule has 5 heteroatoms. The fourth-order valence-corrected chi connectivity index (χ4v) is 2.69. The van der Waals surface area contributed by atoms with Gasteiger partial charge in [0.1, 0.15) is 18.0 Å². The number of nitrogens with zero attached hydrogens (tertiary/aromatic N) is 2. The average molecular weight is 349 g/mol. The minimum absolute atomic E-state index is 0.857. The molecular formula is C16H21BrN4. The van der Waals surface area contributed by atoms with Gasteiger partial charge in [-0.2, -0.15) is 0 Å². The fraction of sp³-hybridized carbons (Fsp3) is 0.375. The quantitative estimate of drug-likeness (QED) is 0.795. The Morgan fingerprint density at radius 3 is 2.57 bits per heavy atom. The normalized spacial score (nSPS) is 10.5. The summed E-state index contributed by atoms with van der Waals surface area (Å²) >= 11 is 3.59. The van der Waals surface area contributed by atoms with E-state index >= 15 is 0 Å². The first-order valence-electron chi connectivity index (χ1n) is 7.26. The maximum Gasteiger partial charge on any atom is 0.139 e. The number of aryl methyl sites for hydroxylation is 1. The Hall–Kier alpha value is -1.62. The molecule has 21 heavy (non-hydrogen) atoms. The van der Waals surface area contributed by atoms with Crippen molar-refractivity contribution in [2.24, 2.45) is 0 Å². The fourth-order valence-electron chi connectivity index (χ4n) is 2.10. The molecule has 1 heterocycles. The summed E-state index contributed by atoms with van der Waals surface area (Å²) < 4.78 is 1.03. The summed E-state index contributed by atoms with van der Waals surface area (Å²) in [5.74, 6) is 1.77. The maximum atomic E-state index is 4.39. The van der Waals surface area contributed by atoms with Crippen molar-refractivity contribution in [3.8, 4) is 0 Å². The second-order valence-corrected chi connectivity index (χ2v) is 5.79. The molecule has 0 unspecified atom stereocenters. The zero-order valence-electron chi connectivity index (χ0n) is 12.7. The number of anilines is 3. The van der Waals surface area contributed by atoms with Gasteiger partial charge in [-0.3, -0.25) is 0 Å². The summed E-state index contributed by atoms with van der Waals surface area (Å²) in [6.07, 6.45) is 3.54. The average Bonchev–Trinajstić information content (AvgIpc) is 2.48. The molecule has 2 N–H and O–H groups in total. The number of nitrogens with one attached hydrogen (secondary N) is 2. The van der Waals surface area contributed by atoms with E-state index in [0.717, 1.165) is 46.7 Å². The van der Waals surface area contributed by atoms with Gasteiger partial charge >= 0.3 is 0 Å². The van der Waals surface area contributed by atoms with E-state index in [4.69, 9.17) is 0 Å². The van der Waals surface area contributed by atoms with Gasteiger partial charge in [-0.1, -0.05) is 19.9 Å². The van der Waals surface area contributed by atoms with Crippen LogP contribution in [-0.4, -0.2) is 16.5 Å². The molecule has 0 aliphatic heterocycles. The van der Waals surface area contributed by atoms with Crippen molar-refractivity contribution in [3.05, 3.63) is 40.1 Å². The summed E-state index contributed by atoms with van der Waals surface area (Å²) in [6.45, 7) is 7.24. The Labute approximate surface area is 134 Å². The first-order chi connectivity index (χ1) is 10.2. The van der Waals surface area contributed by atoms with Gasteiger partial charge in [0.15, 0.2) is 0 Å². The summed E-state index contributed by atoms with van der Waals surface area (Å²) in [5.41, 5.74) is 3.34. The molecule has 0 saturated carbocycles. The first kappa shape index (κ1) is 15.8.